The highest BCUT2D eigenvalue weighted by Crippen LogP contribution is 2.45. The molecule has 3 atom stereocenters. The Hall–Kier alpha value is -1.48. The van der Waals surface area contributed by atoms with Crippen LogP contribution in [0.3, 0.4) is 0 Å². The Morgan fingerprint density at radius 1 is 1.47 bits per heavy atom. The molecule has 0 saturated carbocycles. The maximum Gasteiger partial charge on any atom is 0.326 e. The van der Waals surface area contributed by atoms with Gasteiger partial charge in [-0.1, -0.05) is 23.8 Å². The van der Waals surface area contributed by atoms with E-state index >= 15 is 0 Å². The van der Waals surface area contributed by atoms with Crippen molar-refractivity contribution < 1.29 is 9.90 Å². The lowest BCUT2D eigenvalue weighted by Gasteiger charge is -2.34. The summed E-state index contributed by atoms with van der Waals surface area (Å²) in [6.07, 6.45) is 4.96. The van der Waals surface area contributed by atoms with Gasteiger partial charge in [0.1, 0.15) is 6.04 Å². The molecule has 0 radical (unpaired) electrons. The molecular formula is C13H12ClNO2. The molecule has 0 fully saturated rings. The summed E-state index contributed by atoms with van der Waals surface area (Å²) in [6, 6.07) is 5.06. The van der Waals surface area contributed by atoms with Crippen LogP contribution in [0, 0.1) is 5.92 Å². The molecule has 0 spiro atoms. The third kappa shape index (κ3) is 1.62. The number of hydrogen-bond donors (Lipinski definition) is 2. The monoisotopic (exact) mass is 249 g/mol. The van der Waals surface area contributed by atoms with Crippen LogP contribution in [0.15, 0.2) is 30.4 Å². The van der Waals surface area contributed by atoms with E-state index in [1.54, 1.807) is 6.07 Å². The number of benzene rings is 1. The number of fused-ring (bicyclic) bond motifs is 3. The normalized spacial score (nSPS) is 29.4. The minimum absolute atomic E-state index is 0.0958. The Labute approximate surface area is 104 Å². The molecule has 0 amide bonds. The van der Waals surface area contributed by atoms with Gasteiger partial charge in [-0.3, -0.25) is 0 Å². The van der Waals surface area contributed by atoms with Gasteiger partial charge in [0.25, 0.3) is 0 Å². The van der Waals surface area contributed by atoms with Crippen LogP contribution in [0.5, 0.6) is 0 Å². The molecule has 2 aliphatic rings. The first-order chi connectivity index (χ1) is 8.16. The zero-order valence-corrected chi connectivity index (χ0v) is 9.82. The summed E-state index contributed by atoms with van der Waals surface area (Å²) in [5.41, 5.74) is 1.99. The molecule has 0 aromatic heterocycles. The van der Waals surface area contributed by atoms with Gasteiger partial charge in [0.2, 0.25) is 0 Å². The molecular weight excluding hydrogens is 238 g/mol. The first-order valence-corrected chi connectivity index (χ1v) is 6.00. The van der Waals surface area contributed by atoms with Gasteiger partial charge in [0.05, 0.1) is 0 Å². The quantitative estimate of drug-likeness (QED) is 0.753. The van der Waals surface area contributed by atoms with Crippen molar-refractivity contribution in [1.82, 2.24) is 0 Å². The fourth-order valence-corrected chi connectivity index (χ4v) is 2.99. The Bertz CT molecular complexity index is 512. The third-order valence-corrected chi connectivity index (χ3v) is 3.83. The standard InChI is InChI=1S/C13H12ClNO2/c14-7-4-5-11-10(6-7)8-2-1-3-9(8)12(15-11)13(16)17/h1-2,4-6,8-9,12,15H,3H2,(H,16,17)/t8-,9+,12-/m0/s1. The number of carbonyl (C=O) groups is 1. The topological polar surface area (TPSA) is 49.3 Å². The van der Waals surface area contributed by atoms with E-state index < -0.39 is 12.0 Å². The average Bonchev–Trinajstić information content (AvgIpc) is 2.76. The van der Waals surface area contributed by atoms with E-state index in [1.807, 2.05) is 12.1 Å². The van der Waals surface area contributed by atoms with Gasteiger partial charge in [-0.15, -0.1) is 0 Å². The highest BCUT2D eigenvalue weighted by Gasteiger charge is 2.40. The van der Waals surface area contributed by atoms with Crippen LogP contribution in [0.4, 0.5) is 5.69 Å². The average molecular weight is 250 g/mol. The van der Waals surface area contributed by atoms with Gasteiger partial charge in [-0.25, -0.2) is 4.79 Å². The molecule has 88 valence electrons. The number of halogens is 1. The second kappa shape index (κ2) is 3.77. The molecule has 1 aromatic rings. The van der Waals surface area contributed by atoms with Crippen LogP contribution in [-0.2, 0) is 4.79 Å². The van der Waals surface area contributed by atoms with Crippen molar-refractivity contribution in [2.24, 2.45) is 5.92 Å². The summed E-state index contributed by atoms with van der Waals surface area (Å²) in [5, 5.41) is 13.0. The molecule has 2 N–H and O–H groups in total. The lowest BCUT2D eigenvalue weighted by Crippen LogP contribution is -2.41. The maximum atomic E-state index is 11.3. The lowest BCUT2D eigenvalue weighted by atomic mass is 9.79. The van der Waals surface area contributed by atoms with E-state index in [0.717, 1.165) is 17.7 Å². The number of hydrogen-bond acceptors (Lipinski definition) is 2. The first kappa shape index (κ1) is 10.7. The van der Waals surface area contributed by atoms with Crippen LogP contribution in [0.25, 0.3) is 0 Å². The zero-order chi connectivity index (χ0) is 12.0. The van der Waals surface area contributed by atoms with Crippen molar-refractivity contribution >= 4 is 23.3 Å². The summed E-state index contributed by atoms with van der Waals surface area (Å²) >= 11 is 6.00. The van der Waals surface area contributed by atoms with Crippen LogP contribution in [0.2, 0.25) is 5.02 Å². The Morgan fingerprint density at radius 3 is 3.06 bits per heavy atom. The van der Waals surface area contributed by atoms with Crippen molar-refractivity contribution in [3.63, 3.8) is 0 Å². The molecule has 1 aromatic carbocycles. The zero-order valence-electron chi connectivity index (χ0n) is 9.06. The van der Waals surface area contributed by atoms with Crippen molar-refractivity contribution in [2.45, 2.75) is 18.4 Å². The van der Waals surface area contributed by atoms with Crippen LogP contribution >= 0.6 is 11.6 Å². The molecule has 1 aliphatic heterocycles. The predicted molar refractivity (Wildman–Crippen MR) is 66.5 cm³/mol. The maximum absolute atomic E-state index is 11.3. The van der Waals surface area contributed by atoms with Crippen molar-refractivity contribution in [1.29, 1.82) is 0 Å². The number of carboxylic acid groups (broad SMARTS) is 1. The van der Waals surface area contributed by atoms with Gasteiger partial charge < -0.3 is 10.4 Å². The molecule has 0 unspecified atom stereocenters. The highest BCUT2D eigenvalue weighted by molar-refractivity contribution is 6.30. The lowest BCUT2D eigenvalue weighted by molar-refractivity contribution is -0.139. The van der Waals surface area contributed by atoms with Gasteiger partial charge in [0.15, 0.2) is 0 Å². The van der Waals surface area contributed by atoms with Crippen LogP contribution < -0.4 is 5.32 Å². The number of rotatable bonds is 1. The van der Waals surface area contributed by atoms with Crippen molar-refractivity contribution in [3.05, 3.63) is 40.9 Å². The SMILES string of the molecule is O=C(O)[C@H]1Nc2ccc(Cl)cc2[C@H]2C=CC[C@@H]12. The van der Waals surface area contributed by atoms with Gasteiger partial charge in [-0.05, 0) is 30.2 Å². The number of nitrogens with one attached hydrogen (secondary N) is 1. The molecule has 4 heteroatoms. The van der Waals surface area contributed by atoms with E-state index in [2.05, 4.69) is 17.5 Å². The largest absolute Gasteiger partial charge is 0.480 e. The summed E-state index contributed by atoms with van der Waals surface area (Å²) in [4.78, 5) is 11.3. The fourth-order valence-electron chi connectivity index (χ4n) is 2.81. The summed E-state index contributed by atoms with van der Waals surface area (Å²) in [7, 11) is 0. The van der Waals surface area contributed by atoms with Gasteiger partial charge in [-0.2, -0.15) is 0 Å². The minimum Gasteiger partial charge on any atom is -0.480 e. The molecule has 17 heavy (non-hydrogen) atoms. The second-order valence-corrected chi connectivity index (χ2v) is 4.98. The number of carboxylic acids is 1. The Morgan fingerprint density at radius 2 is 2.29 bits per heavy atom. The fraction of sp³-hybridized carbons (Fsp3) is 0.308. The second-order valence-electron chi connectivity index (χ2n) is 4.55. The van der Waals surface area contributed by atoms with E-state index in [4.69, 9.17) is 11.6 Å². The van der Waals surface area contributed by atoms with Crippen molar-refractivity contribution in [3.8, 4) is 0 Å². The minimum atomic E-state index is -0.788. The summed E-state index contributed by atoms with van der Waals surface area (Å²) < 4.78 is 0. The van der Waals surface area contributed by atoms with E-state index in [0.29, 0.717) is 5.02 Å². The van der Waals surface area contributed by atoms with Crippen LogP contribution in [0.1, 0.15) is 17.9 Å². The molecule has 1 heterocycles. The Balaban J connectivity index is 2.09. The highest BCUT2D eigenvalue weighted by atomic mass is 35.5. The smallest absolute Gasteiger partial charge is 0.326 e. The molecule has 0 bridgehead atoms. The summed E-state index contributed by atoms with van der Waals surface area (Å²) in [5.74, 6) is -0.520. The van der Waals surface area contributed by atoms with E-state index in [1.165, 1.54) is 0 Å². The predicted octanol–water partition coefficient (Wildman–Crippen LogP) is 2.88. The van der Waals surface area contributed by atoms with E-state index in [-0.39, 0.29) is 11.8 Å². The van der Waals surface area contributed by atoms with Crippen LogP contribution in [-0.4, -0.2) is 17.1 Å². The Kier molecular flexibility index (Phi) is 2.37. The molecule has 3 nitrogen and oxygen atoms in total. The summed E-state index contributed by atoms with van der Waals surface area (Å²) in [6.45, 7) is 0. The molecule has 3 rings (SSSR count). The van der Waals surface area contributed by atoms with Crippen molar-refractivity contribution in [2.75, 3.05) is 5.32 Å². The molecule has 1 aliphatic carbocycles. The van der Waals surface area contributed by atoms with Gasteiger partial charge >= 0.3 is 5.97 Å². The first-order valence-electron chi connectivity index (χ1n) is 5.62. The van der Waals surface area contributed by atoms with Gasteiger partial charge in [0, 0.05) is 22.5 Å². The number of anilines is 1. The third-order valence-electron chi connectivity index (χ3n) is 3.59. The number of allylic oxidation sites excluding steroid dienone is 2. The molecule has 0 saturated heterocycles. The number of aliphatic carboxylic acids is 1. The van der Waals surface area contributed by atoms with E-state index in [9.17, 15) is 9.90 Å².